The van der Waals surface area contributed by atoms with E-state index < -0.39 is 6.04 Å². The lowest BCUT2D eigenvalue weighted by atomic mass is 10.2. The van der Waals surface area contributed by atoms with Gasteiger partial charge in [0.25, 0.3) is 5.91 Å². The van der Waals surface area contributed by atoms with Gasteiger partial charge in [-0.15, -0.1) is 10.2 Å². The topological polar surface area (TPSA) is 88.9 Å². The number of hydrogen-bond acceptors (Lipinski definition) is 5. The van der Waals surface area contributed by atoms with Crippen LogP contribution in [-0.4, -0.2) is 32.3 Å². The molecule has 31 heavy (non-hydrogen) atoms. The number of nitrogens with one attached hydrogen (secondary N) is 2. The van der Waals surface area contributed by atoms with Crippen LogP contribution in [0.4, 0.5) is 5.69 Å². The molecule has 2 amide bonds. The van der Waals surface area contributed by atoms with E-state index in [1.807, 2.05) is 31.2 Å². The summed E-state index contributed by atoms with van der Waals surface area (Å²) in [4.78, 5) is 24.8. The highest BCUT2D eigenvalue weighted by Gasteiger charge is 2.19. The minimum Gasteiger partial charge on any atom is -0.342 e. The van der Waals surface area contributed by atoms with Gasteiger partial charge in [0, 0.05) is 18.3 Å². The summed E-state index contributed by atoms with van der Waals surface area (Å²) in [5.41, 5.74) is 2.17. The number of rotatable bonds is 7. The van der Waals surface area contributed by atoms with Crippen LogP contribution < -0.4 is 10.6 Å². The number of para-hydroxylation sites is 1. The van der Waals surface area contributed by atoms with E-state index in [-0.39, 0.29) is 17.6 Å². The van der Waals surface area contributed by atoms with Gasteiger partial charge in [0.15, 0.2) is 11.0 Å². The van der Waals surface area contributed by atoms with Crippen molar-refractivity contribution in [3.05, 3.63) is 69.5 Å². The molecule has 10 heteroatoms. The van der Waals surface area contributed by atoms with Gasteiger partial charge in [0.05, 0.1) is 21.8 Å². The maximum absolute atomic E-state index is 12.5. The summed E-state index contributed by atoms with van der Waals surface area (Å²) in [6.07, 6.45) is 0. The van der Waals surface area contributed by atoms with Crippen LogP contribution >= 0.6 is 35.0 Å². The lowest BCUT2D eigenvalue weighted by Gasteiger charge is -2.14. The first-order valence-electron chi connectivity index (χ1n) is 9.39. The van der Waals surface area contributed by atoms with Gasteiger partial charge in [-0.25, -0.2) is 0 Å². The van der Waals surface area contributed by atoms with Gasteiger partial charge in [0.2, 0.25) is 5.91 Å². The number of aromatic nitrogens is 3. The Morgan fingerprint density at radius 2 is 1.87 bits per heavy atom. The predicted octanol–water partition coefficient (Wildman–Crippen LogP) is 4.65. The zero-order valence-corrected chi connectivity index (χ0v) is 19.5. The quantitative estimate of drug-likeness (QED) is 0.483. The van der Waals surface area contributed by atoms with Crippen LogP contribution in [0.15, 0.2) is 47.6 Å². The molecule has 1 aromatic heterocycles. The fourth-order valence-corrected chi connectivity index (χ4v) is 3.86. The predicted molar refractivity (Wildman–Crippen MR) is 124 cm³/mol. The number of hydrogen-bond donors (Lipinski definition) is 2. The van der Waals surface area contributed by atoms with Crippen molar-refractivity contribution in [1.29, 1.82) is 0 Å². The molecule has 2 aromatic carbocycles. The van der Waals surface area contributed by atoms with Gasteiger partial charge in [0.1, 0.15) is 0 Å². The first kappa shape index (κ1) is 23.1. The van der Waals surface area contributed by atoms with Gasteiger partial charge in [-0.05, 0) is 43.7 Å². The minimum atomic E-state index is -0.408. The summed E-state index contributed by atoms with van der Waals surface area (Å²) in [7, 11) is 1.79. The number of carbonyl (C=O) groups excluding carboxylic acids is 2. The number of benzene rings is 2. The Kier molecular flexibility index (Phi) is 7.59. The first-order chi connectivity index (χ1) is 14.8. The molecular weight excluding hydrogens is 457 g/mol. The summed E-state index contributed by atoms with van der Waals surface area (Å²) >= 11 is 13.2. The molecule has 0 saturated heterocycles. The normalized spacial score (nSPS) is 11.8. The maximum Gasteiger partial charge on any atom is 0.251 e. The van der Waals surface area contributed by atoms with Crippen LogP contribution in [0, 0.1) is 6.92 Å². The molecule has 7 nitrogen and oxygen atoms in total. The number of halogens is 2. The maximum atomic E-state index is 12.5. The molecule has 162 valence electrons. The van der Waals surface area contributed by atoms with E-state index in [1.54, 1.807) is 30.7 Å². The van der Waals surface area contributed by atoms with E-state index in [0.29, 0.717) is 26.6 Å². The van der Waals surface area contributed by atoms with Crippen molar-refractivity contribution in [2.24, 2.45) is 7.05 Å². The Hall–Kier alpha value is -2.55. The number of nitrogens with zero attached hydrogens (tertiary/aromatic N) is 3. The average molecular weight is 478 g/mol. The molecule has 3 rings (SSSR count). The molecule has 0 saturated carbocycles. The summed E-state index contributed by atoms with van der Waals surface area (Å²) in [6, 6.07) is 11.9. The third-order valence-electron chi connectivity index (χ3n) is 4.54. The van der Waals surface area contributed by atoms with Crippen molar-refractivity contribution in [2.45, 2.75) is 25.0 Å². The fraction of sp³-hybridized carbons (Fsp3) is 0.238. The lowest BCUT2D eigenvalue weighted by Crippen LogP contribution is -2.28. The van der Waals surface area contributed by atoms with E-state index in [4.69, 9.17) is 23.2 Å². The molecule has 0 bridgehead atoms. The molecule has 0 aliphatic carbocycles. The van der Waals surface area contributed by atoms with Gasteiger partial charge in [-0.3, -0.25) is 9.59 Å². The standard InChI is InChI=1S/C21H21Cl2N5O2S/c1-12-6-4-5-7-17(12)25-18(29)11-31-21-27-26-19(28(21)3)13(2)24-20(30)14-8-9-15(22)16(23)10-14/h4-10,13H,11H2,1-3H3,(H,24,30)(H,25,29)/t13-/m0/s1. The molecule has 0 spiro atoms. The third-order valence-corrected chi connectivity index (χ3v) is 6.30. The lowest BCUT2D eigenvalue weighted by molar-refractivity contribution is -0.113. The third kappa shape index (κ3) is 5.78. The number of aryl methyl sites for hydroxylation is 1. The summed E-state index contributed by atoms with van der Waals surface area (Å²) < 4.78 is 1.76. The van der Waals surface area contributed by atoms with Crippen LogP contribution in [0.5, 0.6) is 0 Å². The molecule has 0 aliphatic rings. The molecule has 1 heterocycles. The van der Waals surface area contributed by atoms with Gasteiger partial charge >= 0.3 is 0 Å². The van der Waals surface area contributed by atoms with Crippen molar-refractivity contribution >= 4 is 52.5 Å². The van der Waals surface area contributed by atoms with Crippen LogP contribution in [0.3, 0.4) is 0 Å². The van der Waals surface area contributed by atoms with Crippen molar-refractivity contribution in [3.8, 4) is 0 Å². The number of thioether (sulfide) groups is 1. The highest BCUT2D eigenvalue weighted by atomic mass is 35.5. The molecular formula is C21H21Cl2N5O2S. The van der Waals surface area contributed by atoms with Gasteiger partial charge in [-0.2, -0.15) is 0 Å². The summed E-state index contributed by atoms with van der Waals surface area (Å²) in [5, 5.41) is 15.3. The first-order valence-corrected chi connectivity index (χ1v) is 11.1. The number of amides is 2. The average Bonchev–Trinajstić information content (AvgIpc) is 3.10. The molecule has 1 atom stereocenters. The van der Waals surface area contributed by atoms with E-state index in [2.05, 4.69) is 20.8 Å². The second-order valence-electron chi connectivity index (χ2n) is 6.88. The number of anilines is 1. The second-order valence-corrected chi connectivity index (χ2v) is 8.63. The van der Waals surface area contributed by atoms with Crippen molar-refractivity contribution in [2.75, 3.05) is 11.1 Å². The van der Waals surface area contributed by atoms with E-state index in [0.717, 1.165) is 11.3 Å². The minimum absolute atomic E-state index is 0.134. The van der Waals surface area contributed by atoms with E-state index >= 15 is 0 Å². The summed E-state index contributed by atoms with van der Waals surface area (Å²) in [6.45, 7) is 3.74. The van der Waals surface area contributed by atoms with Gasteiger partial charge in [-0.1, -0.05) is 53.2 Å². The monoisotopic (exact) mass is 477 g/mol. The largest absolute Gasteiger partial charge is 0.342 e. The molecule has 0 fully saturated rings. The zero-order valence-electron chi connectivity index (χ0n) is 17.1. The second kappa shape index (κ2) is 10.2. The highest BCUT2D eigenvalue weighted by Crippen LogP contribution is 2.24. The smallest absolute Gasteiger partial charge is 0.251 e. The Balaban J connectivity index is 1.59. The van der Waals surface area contributed by atoms with Crippen molar-refractivity contribution in [3.63, 3.8) is 0 Å². The zero-order chi connectivity index (χ0) is 22.5. The van der Waals surface area contributed by atoms with E-state index in [9.17, 15) is 9.59 Å². The fourth-order valence-electron chi connectivity index (χ4n) is 2.84. The van der Waals surface area contributed by atoms with Crippen LogP contribution in [0.2, 0.25) is 10.0 Å². The number of carbonyl (C=O) groups is 2. The Bertz CT molecular complexity index is 1120. The van der Waals surface area contributed by atoms with Crippen molar-refractivity contribution in [1.82, 2.24) is 20.1 Å². The summed E-state index contributed by atoms with van der Waals surface area (Å²) in [5.74, 6) is 0.311. The molecule has 0 aliphatic heterocycles. The molecule has 0 radical (unpaired) electrons. The Morgan fingerprint density at radius 3 is 2.58 bits per heavy atom. The van der Waals surface area contributed by atoms with E-state index in [1.165, 1.54) is 17.8 Å². The van der Waals surface area contributed by atoms with Gasteiger partial charge < -0.3 is 15.2 Å². The SMILES string of the molecule is Cc1ccccc1NC(=O)CSc1nnc([C@H](C)NC(=O)c2ccc(Cl)c(Cl)c2)n1C. The van der Waals surface area contributed by atoms with Crippen LogP contribution in [-0.2, 0) is 11.8 Å². The molecule has 2 N–H and O–H groups in total. The Labute approximate surface area is 194 Å². The van der Waals surface area contributed by atoms with Crippen LogP contribution in [0.25, 0.3) is 0 Å². The molecule has 3 aromatic rings. The van der Waals surface area contributed by atoms with Crippen molar-refractivity contribution < 1.29 is 9.59 Å². The molecule has 0 unspecified atom stereocenters. The highest BCUT2D eigenvalue weighted by molar-refractivity contribution is 7.99. The Morgan fingerprint density at radius 1 is 1.13 bits per heavy atom. The van der Waals surface area contributed by atoms with Crippen LogP contribution in [0.1, 0.15) is 34.7 Å².